The van der Waals surface area contributed by atoms with E-state index in [0.29, 0.717) is 29.8 Å². The molecule has 10 heteroatoms. The summed E-state index contributed by atoms with van der Waals surface area (Å²) in [6.07, 6.45) is 2.87. The van der Waals surface area contributed by atoms with E-state index < -0.39 is 5.91 Å². The van der Waals surface area contributed by atoms with Gasteiger partial charge in [0.2, 0.25) is 5.95 Å². The molecule has 178 valence electrons. The van der Waals surface area contributed by atoms with Crippen molar-refractivity contribution in [2.24, 2.45) is 0 Å². The molecule has 0 aliphatic carbocycles. The van der Waals surface area contributed by atoms with E-state index in [1.807, 2.05) is 11.0 Å². The maximum absolute atomic E-state index is 12.7. The Morgan fingerprint density at radius 3 is 2.62 bits per heavy atom. The second kappa shape index (κ2) is 10.5. The zero-order valence-corrected chi connectivity index (χ0v) is 20.4. The van der Waals surface area contributed by atoms with Crippen LogP contribution < -0.4 is 15.5 Å². The average Bonchev–Trinajstić information content (AvgIpc) is 2.79. The van der Waals surface area contributed by atoms with Crippen LogP contribution in [0.4, 0.5) is 23.3 Å². The van der Waals surface area contributed by atoms with Crippen molar-refractivity contribution in [1.82, 2.24) is 15.0 Å². The highest BCUT2D eigenvalue weighted by molar-refractivity contribution is 6.40. The number of aliphatic hydroxyl groups excluding tert-OH is 1. The van der Waals surface area contributed by atoms with Gasteiger partial charge in [-0.3, -0.25) is 4.79 Å². The van der Waals surface area contributed by atoms with Crippen LogP contribution in [0.25, 0.3) is 0 Å². The Labute approximate surface area is 208 Å². The molecule has 1 saturated heterocycles. The Morgan fingerprint density at radius 1 is 1.15 bits per heavy atom. The fourth-order valence-corrected chi connectivity index (χ4v) is 4.28. The number of rotatable bonds is 6. The zero-order valence-electron chi connectivity index (χ0n) is 18.9. The third-order valence-corrected chi connectivity index (χ3v) is 6.10. The molecule has 0 saturated carbocycles. The maximum Gasteiger partial charge on any atom is 0.258 e. The molecule has 1 amide bonds. The van der Waals surface area contributed by atoms with Crippen molar-refractivity contribution in [3.63, 3.8) is 0 Å². The predicted octanol–water partition coefficient (Wildman–Crippen LogP) is 5.26. The van der Waals surface area contributed by atoms with E-state index in [2.05, 4.69) is 34.4 Å². The summed E-state index contributed by atoms with van der Waals surface area (Å²) in [7, 11) is 0. The standard InChI is InChI=1S/C24H26Cl2N6O2/c1-14(2)19-12-21(31-24(29-19)32-10-4-5-16(33)13-32)30-20-11-15(8-9-27-20)28-23(34)22-17(25)6-3-7-18(22)26/h3,6-9,11-12,14,16,33H,4-5,10,13H2,1-2H3,(H2,27,28,29,30,31,34)/t16-/m1/s1. The van der Waals surface area contributed by atoms with Gasteiger partial charge in [0.05, 0.1) is 27.4 Å². The molecule has 1 aromatic carbocycles. The third kappa shape index (κ3) is 5.75. The van der Waals surface area contributed by atoms with Crippen LogP contribution >= 0.6 is 23.2 Å². The number of halogens is 2. The van der Waals surface area contributed by atoms with Crippen LogP contribution in [0, 0.1) is 0 Å². The summed E-state index contributed by atoms with van der Waals surface area (Å²) in [4.78, 5) is 28.4. The van der Waals surface area contributed by atoms with E-state index in [4.69, 9.17) is 28.2 Å². The number of hydrogen-bond acceptors (Lipinski definition) is 7. The van der Waals surface area contributed by atoms with E-state index in [1.54, 1.807) is 36.5 Å². The highest BCUT2D eigenvalue weighted by Crippen LogP contribution is 2.27. The van der Waals surface area contributed by atoms with Crippen molar-refractivity contribution in [1.29, 1.82) is 0 Å². The quantitative estimate of drug-likeness (QED) is 0.424. The average molecular weight is 501 g/mol. The lowest BCUT2D eigenvalue weighted by molar-refractivity contribution is 0.102. The fourth-order valence-electron chi connectivity index (χ4n) is 3.71. The number of hydrogen-bond donors (Lipinski definition) is 3. The first-order chi connectivity index (χ1) is 16.3. The van der Waals surface area contributed by atoms with Gasteiger partial charge in [-0.25, -0.2) is 9.97 Å². The van der Waals surface area contributed by atoms with Crippen molar-refractivity contribution in [2.75, 3.05) is 28.6 Å². The maximum atomic E-state index is 12.7. The molecule has 1 atom stereocenters. The van der Waals surface area contributed by atoms with Gasteiger partial charge in [0.25, 0.3) is 5.91 Å². The van der Waals surface area contributed by atoms with Crippen LogP contribution in [-0.4, -0.2) is 45.2 Å². The number of carbonyl (C=O) groups is 1. The van der Waals surface area contributed by atoms with Gasteiger partial charge in [-0.05, 0) is 37.0 Å². The minimum atomic E-state index is -0.414. The minimum absolute atomic E-state index is 0.191. The molecular weight excluding hydrogens is 475 g/mol. The van der Waals surface area contributed by atoms with Crippen molar-refractivity contribution in [3.05, 3.63) is 63.9 Å². The van der Waals surface area contributed by atoms with Crippen LogP contribution in [-0.2, 0) is 0 Å². The summed E-state index contributed by atoms with van der Waals surface area (Å²) in [6, 6.07) is 10.2. The molecule has 0 unspecified atom stereocenters. The highest BCUT2D eigenvalue weighted by atomic mass is 35.5. The number of nitrogens with zero attached hydrogens (tertiary/aromatic N) is 4. The van der Waals surface area contributed by atoms with E-state index in [9.17, 15) is 9.90 Å². The molecule has 0 spiro atoms. The Kier molecular flexibility index (Phi) is 7.50. The van der Waals surface area contributed by atoms with Crippen LogP contribution in [0.15, 0.2) is 42.6 Å². The molecule has 4 rings (SSSR count). The van der Waals surface area contributed by atoms with Gasteiger partial charge in [-0.2, -0.15) is 4.98 Å². The summed E-state index contributed by atoms with van der Waals surface area (Å²) in [5, 5.41) is 16.6. The molecule has 1 aliphatic heterocycles. The molecule has 34 heavy (non-hydrogen) atoms. The van der Waals surface area contributed by atoms with Gasteiger partial charge in [-0.1, -0.05) is 43.1 Å². The van der Waals surface area contributed by atoms with Crippen molar-refractivity contribution in [2.45, 2.75) is 38.7 Å². The number of anilines is 4. The lowest BCUT2D eigenvalue weighted by Gasteiger charge is -2.30. The van der Waals surface area contributed by atoms with Gasteiger partial charge in [0.1, 0.15) is 11.6 Å². The van der Waals surface area contributed by atoms with Gasteiger partial charge in [-0.15, -0.1) is 0 Å². The predicted molar refractivity (Wildman–Crippen MR) is 136 cm³/mol. The zero-order chi connectivity index (χ0) is 24.2. The van der Waals surface area contributed by atoms with Crippen LogP contribution in [0.5, 0.6) is 0 Å². The second-order valence-electron chi connectivity index (χ2n) is 8.48. The molecule has 1 fully saturated rings. The van der Waals surface area contributed by atoms with Crippen LogP contribution in [0.3, 0.4) is 0 Å². The summed E-state index contributed by atoms with van der Waals surface area (Å²) in [5.74, 6) is 1.43. The second-order valence-corrected chi connectivity index (χ2v) is 9.29. The largest absolute Gasteiger partial charge is 0.391 e. The first kappa shape index (κ1) is 24.2. The van der Waals surface area contributed by atoms with E-state index in [-0.39, 0.29) is 27.6 Å². The number of benzene rings is 1. The van der Waals surface area contributed by atoms with Crippen molar-refractivity contribution >= 4 is 52.4 Å². The summed E-state index contributed by atoms with van der Waals surface area (Å²) < 4.78 is 0. The molecular formula is C24H26Cl2N6O2. The molecule has 3 heterocycles. The van der Waals surface area contributed by atoms with Crippen molar-refractivity contribution in [3.8, 4) is 0 Å². The first-order valence-electron chi connectivity index (χ1n) is 11.1. The number of carbonyl (C=O) groups excluding carboxylic acids is 1. The minimum Gasteiger partial charge on any atom is -0.391 e. The first-order valence-corrected chi connectivity index (χ1v) is 11.9. The summed E-state index contributed by atoms with van der Waals surface area (Å²) >= 11 is 12.3. The number of β-amino-alcohol motifs (C(OH)–C–C–N with tert-alkyl or cyclic N) is 1. The molecule has 0 bridgehead atoms. The number of aromatic nitrogens is 3. The molecule has 3 aromatic rings. The van der Waals surface area contributed by atoms with Crippen LogP contribution in [0.2, 0.25) is 10.0 Å². The highest BCUT2D eigenvalue weighted by Gasteiger charge is 2.21. The molecule has 3 N–H and O–H groups in total. The normalized spacial score (nSPS) is 15.9. The Balaban J connectivity index is 1.56. The van der Waals surface area contributed by atoms with E-state index in [0.717, 1.165) is 25.1 Å². The molecule has 2 aromatic heterocycles. The molecule has 1 aliphatic rings. The smallest absolute Gasteiger partial charge is 0.258 e. The van der Waals surface area contributed by atoms with E-state index in [1.165, 1.54) is 0 Å². The number of aliphatic hydroxyl groups is 1. The number of amides is 1. The van der Waals surface area contributed by atoms with Gasteiger partial charge < -0.3 is 20.6 Å². The Morgan fingerprint density at radius 2 is 1.91 bits per heavy atom. The summed E-state index contributed by atoms with van der Waals surface area (Å²) in [6.45, 7) is 5.43. The van der Waals surface area contributed by atoms with Gasteiger partial charge >= 0.3 is 0 Å². The molecule has 0 radical (unpaired) electrons. The lowest BCUT2D eigenvalue weighted by Crippen LogP contribution is -2.39. The SMILES string of the molecule is CC(C)c1cc(Nc2cc(NC(=O)c3c(Cl)cccc3Cl)ccn2)nc(N2CCC[C@@H](O)C2)n1. The Hall–Kier alpha value is -2.94. The topological polar surface area (TPSA) is 103 Å². The lowest BCUT2D eigenvalue weighted by atomic mass is 10.1. The number of piperidine rings is 1. The molecule has 8 nitrogen and oxygen atoms in total. The number of pyridine rings is 1. The fraction of sp³-hybridized carbons (Fsp3) is 0.333. The van der Waals surface area contributed by atoms with Gasteiger partial charge in [0, 0.05) is 37.1 Å². The number of nitrogens with one attached hydrogen (secondary N) is 2. The van der Waals surface area contributed by atoms with Gasteiger partial charge in [0.15, 0.2) is 0 Å². The van der Waals surface area contributed by atoms with Crippen molar-refractivity contribution < 1.29 is 9.90 Å². The Bertz CT molecular complexity index is 1170. The monoisotopic (exact) mass is 500 g/mol. The third-order valence-electron chi connectivity index (χ3n) is 5.47. The van der Waals surface area contributed by atoms with Crippen LogP contribution in [0.1, 0.15) is 48.7 Å². The summed E-state index contributed by atoms with van der Waals surface area (Å²) in [5.41, 5.74) is 1.62. The van der Waals surface area contributed by atoms with E-state index >= 15 is 0 Å².